The lowest BCUT2D eigenvalue weighted by molar-refractivity contribution is -0.385. The summed E-state index contributed by atoms with van der Waals surface area (Å²) in [5.41, 5.74) is -0.237. The summed E-state index contributed by atoms with van der Waals surface area (Å²) in [6.45, 7) is 2.52. The van der Waals surface area contributed by atoms with Crippen molar-refractivity contribution in [3.63, 3.8) is 0 Å². The molecule has 115 valence electrons. The lowest BCUT2D eigenvalue weighted by Gasteiger charge is -2.27. The van der Waals surface area contributed by atoms with Crippen LogP contribution in [0.25, 0.3) is 0 Å². The van der Waals surface area contributed by atoms with Crippen LogP contribution in [-0.2, 0) is 10.0 Å². The van der Waals surface area contributed by atoms with E-state index in [1.807, 2.05) is 7.05 Å². The van der Waals surface area contributed by atoms with Crippen molar-refractivity contribution in [2.75, 3.05) is 33.2 Å². The highest BCUT2D eigenvalue weighted by atomic mass is 32.2. The molecule has 0 N–H and O–H groups in total. The van der Waals surface area contributed by atoms with Crippen LogP contribution in [0.2, 0.25) is 0 Å². The molecule has 0 aliphatic carbocycles. The zero-order chi connectivity index (χ0) is 15.5. The van der Waals surface area contributed by atoms with E-state index in [1.54, 1.807) is 0 Å². The Morgan fingerprint density at radius 1 is 1.24 bits per heavy atom. The second-order valence-electron chi connectivity index (χ2n) is 5.08. The number of rotatable bonds is 3. The van der Waals surface area contributed by atoms with Gasteiger partial charge in [-0.15, -0.1) is 0 Å². The number of nitro groups is 1. The van der Waals surface area contributed by atoms with E-state index in [-0.39, 0.29) is 10.6 Å². The van der Waals surface area contributed by atoms with Crippen LogP contribution < -0.4 is 0 Å². The van der Waals surface area contributed by atoms with Crippen molar-refractivity contribution in [3.8, 4) is 0 Å². The first kappa shape index (κ1) is 15.9. The van der Waals surface area contributed by atoms with Crippen LogP contribution in [0.5, 0.6) is 0 Å². The molecule has 8 heteroatoms. The van der Waals surface area contributed by atoms with Gasteiger partial charge in [0.05, 0.1) is 9.82 Å². The summed E-state index contributed by atoms with van der Waals surface area (Å²) in [5.74, 6) is 0. The number of hydrogen-bond donors (Lipinski definition) is 0. The van der Waals surface area contributed by atoms with E-state index in [0.717, 1.165) is 32.0 Å². The molecule has 1 aromatic rings. The first-order chi connectivity index (χ1) is 9.91. The second kappa shape index (κ2) is 6.50. The van der Waals surface area contributed by atoms with Crippen molar-refractivity contribution >= 4 is 15.7 Å². The van der Waals surface area contributed by atoms with Crippen molar-refractivity contribution in [3.05, 3.63) is 34.4 Å². The summed E-state index contributed by atoms with van der Waals surface area (Å²) < 4.78 is 26.5. The molecule has 1 aliphatic heterocycles. The Balaban J connectivity index is 2.24. The smallest absolute Gasteiger partial charge is 0.270 e. The molecule has 0 spiro atoms. The Morgan fingerprint density at radius 3 is 2.43 bits per heavy atom. The van der Waals surface area contributed by atoms with Crippen LogP contribution in [0.4, 0.5) is 5.69 Å². The molecule has 0 amide bonds. The molecule has 0 atom stereocenters. The van der Waals surface area contributed by atoms with Gasteiger partial charge in [0.1, 0.15) is 0 Å². The average Bonchev–Trinajstić information content (AvgIpc) is 2.42. The topological polar surface area (TPSA) is 83.8 Å². The largest absolute Gasteiger partial charge is 0.306 e. The Labute approximate surface area is 124 Å². The van der Waals surface area contributed by atoms with Crippen LogP contribution >= 0.6 is 0 Å². The van der Waals surface area contributed by atoms with E-state index in [4.69, 9.17) is 0 Å². The quantitative estimate of drug-likeness (QED) is 0.616. The van der Waals surface area contributed by atoms with Gasteiger partial charge >= 0.3 is 0 Å². The summed E-state index contributed by atoms with van der Waals surface area (Å²) in [5, 5.41) is 10.8. The van der Waals surface area contributed by atoms with Crippen molar-refractivity contribution in [1.82, 2.24) is 9.21 Å². The Morgan fingerprint density at radius 2 is 1.86 bits per heavy atom. The van der Waals surface area contributed by atoms with Crippen molar-refractivity contribution in [1.29, 1.82) is 0 Å². The van der Waals surface area contributed by atoms with Gasteiger partial charge in [-0.05, 0) is 39.0 Å². The maximum absolute atomic E-state index is 12.6. The number of non-ortho nitro benzene ring substituents is 1. The summed E-state index contributed by atoms with van der Waals surface area (Å²) in [7, 11) is -1.71. The highest BCUT2D eigenvalue weighted by Crippen LogP contribution is 2.21. The minimum Gasteiger partial charge on any atom is -0.306 e. The number of sulfonamides is 1. The molecule has 1 saturated heterocycles. The maximum Gasteiger partial charge on any atom is 0.270 e. The fourth-order valence-corrected chi connectivity index (χ4v) is 3.84. The first-order valence-corrected chi connectivity index (χ1v) is 8.20. The van der Waals surface area contributed by atoms with Crippen molar-refractivity contribution in [2.24, 2.45) is 0 Å². The fourth-order valence-electron chi connectivity index (χ4n) is 2.33. The van der Waals surface area contributed by atoms with E-state index >= 15 is 0 Å². The molecule has 1 fully saturated rings. The summed E-state index contributed by atoms with van der Waals surface area (Å²) in [6.07, 6.45) is 1.48. The average molecular weight is 312 g/mol. The zero-order valence-electron chi connectivity index (χ0n) is 11.9. The molecule has 0 saturated carbocycles. The molecule has 1 aliphatic rings. The molecule has 2 rings (SSSR count). The van der Waals surface area contributed by atoms with Crippen LogP contribution in [0.3, 0.4) is 0 Å². The molecule has 0 aromatic heterocycles. The van der Waals surface area contributed by atoms with Crippen LogP contribution in [0.15, 0.2) is 23.1 Å². The third kappa shape index (κ3) is 3.78. The molecule has 1 heterocycles. The maximum atomic E-state index is 12.6. The Kier molecular flexibility index (Phi) is 4.92. The van der Waals surface area contributed by atoms with Gasteiger partial charge in [0.2, 0.25) is 10.0 Å². The molecule has 7 nitrogen and oxygen atoms in total. The second-order valence-corrected chi connectivity index (χ2v) is 6.99. The van der Waals surface area contributed by atoms with Gasteiger partial charge in [0.25, 0.3) is 5.69 Å². The fraction of sp³-hybridized carbons (Fsp3) is 0.538. The van der Waals surface area contributed by atoms with Gasteiger partial charge in [-0.3, -0.25) is 10.1 Å². The first-order valence-electron chi connectivity index (χ1n) is 6.76. The standard InChI is InChI=1S/C13H18N3O4S/c1-14-7-3-9-15(10-4-8-14)21(19,20)13-6-2-5-12(11-13)16(17)18/h2,5,11H,3-4,7-10H2,1H3. The van der Waals surface area contributed by atoms with E-state index in [0.29, 0.717) is 13.1 Å². The molecule has 1 radical (unpaired) electrons. The predicted molar refractivity (Wildman–Crippen MR) is 77.4 cm³/mol. The SMILES string of the molecule is CN1CCCN(S(=O)(=O)c2[c]ccc([N+](=O)[O-])c2)CCC1. The van der Waals surface area contributed by atoms with Gasteiger partial charge in [0, 0.05) is 31.3 Å². The van der Waals surface area contributed by atoms with Crippen molar-refractivity contribution < 1.29 is 13.3 Å². The normalized spacial score (nSPS) is 18.9. The lowest BCUT2D eigenvalue weighted by atomic mass is 10.3. The monoisotopic (exact) mass is 312 g/mol. The van der Waals surface area contributed by atoms with Crippen LogP contribution in [0.1, 0.15) is 12.8 Å². The third-order valence-electron chi connectivity index (χ3n) is 3.48. The third-order valence-corrected chi connectivity index (χ3v) is 5.32. The van der Waals surface area contributed by atoms with Gasteiger partial charge in [-0.25, -0.2) is 8.42 Å². The molecule has 1 aromatic carbocycles. The van der Waals surface area contributed by atoms with E-state index < -0.39 is 14.9 Å². The number of benzene rings is 1. The number of nitro benzene ring substituents is 1. The van der Waals surface area contributed by atoms with E-state index in [9.17, 15) is 18.5 Å². The highest BCUT2D eigenvalue weighted by molar-refractivity contribution is 7.89. The molecule has 21 heavy (non-hydrogen) atoms. The lowest BCUT2D eigenvalue weighted by Crippen LogP contribution is -2.38. The number of hydrogen-bond acceptors (Lipinski definition) is 5. The highest BCUT2D eigenvalue weighted by Gasteiger charge is 2.26. The molecular weight excluding hydrogens is 294 g/mol. The van der Waals surface area contributed by atoms with Crippen molar-refractivity contribution in [2.45, 2.75) is 17.7 Å². The van der Waals surface area contributed by atoms with Gasteiger partial charge in [0.15, 0.2) is 0 Å². The van der Waals surface area contributed by atoms with Gasteiger partial charge < -0.3 is 4.90 Å². The predicted octanol–water partition coefficient (Wildman–Crippen LogP) is 1.11. The Hall–Kier alpha value is -1.51. The van der Waals surface area contributed by atoms with Gasteiger partial charge in [-0.1, -0.05) is 0 Å². The Bertz CT molecular complexity index is 608. The van der Waals surface area contributed by atoms with Crippen LogP contribution in [0, 0.1) is 16.2 Å². The molecule has 0 unspecified atom stereocenters. The minimum absolute atomic E-state index is 0.134. The van der Waals surface area contributed by atoms with E-state index in [2.05, 4.69) is 11.0 Å². The zero-order valence-corrected chi connectivity index (χ0v) is 12.7. The molecule has 0 bridgehead atoms. The summed E-state index contributed by atoms with van der Waals surface area (Å²) in [6, 6.07) is 6.19. The number of nitrogens with zero attached hydrogens (tertiary/aromatic N) is 3. The summed E-state index contributed by atoms with van der Waals surface area (Å²) >= 11 is 0. The minimum atomic E-state index is -3.72. The van der Waals surface area contributed by atoms with E-state index in [1.165, 1.54) is 16.4 Å². The summed E-state index contributed by atoms with van der Waals surface area (Å²) in [4.78, 5) is 12.2. The van der Waals surface area contributed by atoms with Crippen LogP contribution in [-0.4, -0.2) is 55.8 Å². The van der Waals surface area contributed by atoms with Gasteiger partial charge in [-0.2, -0.15) is 4.31 Å². The molecular formula is C13H18N3O4S.